The molecule has 0 unspecified atom stereocenters. The van der Waals surface area contributed by atoms with Crippen LogP contribution in [0, 0.1) is 0 Å². The van der Waals surface area contributed by atoms with Gasteiger partial charge in [-0.3, -0.25) is 0 Å². The third-order valence-corrected chi connectivity index (χ3v) is 9.00. The van der Waals surface area contributed by atoms with Crippen LogP contribution in [0.5, 0.6) is 17.2 Å². The summed E-state index contributed by atoms with van der Waals surface area (Å²) < 4.78 is 6.93. The first kappa shape index (κ1) is 29.1. The van der Waals surface area contributed by atoms with E-state index in [4.69, 9.17) is 16.3 Å². The van der Waals surface area contributed by atoms with Crippen molar-refractivity contribution in [3.05, 3.63) is 135 Å². The molecule has 43 heavy (non-hydrogen) atoms. The van der Waals surface area contributed by atoms with E-state index in [0.717, 1.165) is 49.9 Å². The fraction of sp³-hybridized carbons (Fsp3) is 0.282. The second-order valence-electron chi connectivity index (χ2n) is 13.8. The highest BCUT2D eigenvalue weighted by Crippen LogP contribution is 2.57. The van der Waals surface area contributed by atoms with Crippen LogP contribution in [-0.4, -0.2) is 10.2 Å². The topological polar surface area (TPSA) is 49.7 Å². The third kappa shape index (κ3) is 5.25. The molecule has 4 heteroatoms. The number of rotatable bonds is 3. The van der Waals surface area contributed by atoms with Gasteiger partial charge in [0.1, 0.15) is 23.4 Å². The molecule has 2 N–H and O–H groups in total. The first-order chi connectivity index (χ1) is 20.3. The Balaban J connectivity index is 1.71. The summed E-state index contributed by atoms with van der Waals surface area (Å²) in [6.07, 6.45) is -0.519. The SMILES string of the molecule is CC(C)(C)c1cc([C@@H]2c3ccccc3O[C@@H](c3c(O)ccc4ccccc34)[C@@H]2c2cccc(Cl)c2)cc(C(C)(C)C)c1O. The molecule has 0 bridgehead atoms. The molecule has 6 rings (SSSR count). The maximum Gasteiger partial charge on any atom is 0.136 e. The molecule has 1 aliphatic rings. The molecule has 0 saturated carbocycles. The minimum Gasteiger partial charge on any atom is -0.508 e. The second-order valence-corrected chi connectivity index (χ2v) is 14.3. The molecule has 5 aromatic rings. The van der Waals surface area contributed by atoms with Crippen molar-refractivity contribution < 1.29 is 14.9 Å². The van der Waals surface area contributed by atoms with Crippen LogP contribution in [0.15, 0.2) is 97.1 Å². The van der Waals surface area contributed by atoms with Gasteiger partial charge in [-0.1, -0.05) is 126 Å². The minimum atomic E-state index is -0.519. The Kier molecular flexibility index (Phi) is 7.21. The first-order valence-electron chi connectivity index (χ1n) is 14.9. The Labute approximate surface area is 259 Å². The van der Waals surface area contributed by atoms with Gasteiger partial charge in [0.2, 0.25) is 0 Å². The number of halogens is 1. The maximum absolute atomic E-state index is 11.6. The average Bonchev–Trinajstić information content (AvgIpc) is 2.95. The summed E-state index contributed by atoms with van der Waals surface area (Å²) in [5.41, 5.74) is 5.18. The van der Waals surface area contributed by atoms with Crippen LogP contribution in [-0.2, 0) is 10.8 Å². The van der Waals surface area contributed by atoms with Crippen LogP contribution in [0.25, 0.3) is 10.8 Å². The number of hydrogen-bond acceptors (Lipinski definition) is 3. The molecule has 0 amide bonds. The van der Waals surface area contributed by atoms with Gasteiger partial charge in [-0.2, -0.15) is 0 Å². The zero-order valence-corrected chi connectivity index (χ0v) is 26.4. The fourth-order valence-corrected chi connectivity index (χ4v) is 6.89. The largest absolute Gasteiger partial charge is 0.508 e. The first-order valence-corrected chi connectivity index (χ1v) is 15.3. The van der Waals surface area contributed by atoms with Gasteiger partial charge in [0, 0.05) is 28.0 Å². The van der Waals surface area contributed by atoms with Gasteiger partial charge >= 0.3 is 0 Å². The summed E-state index contributed by atoms with van der Waals surface area (Å²) in [5.74, 6) is 0.938. The van der Waals surface area contributed by atoms with E-state index in [1.54, 1.807) is 6.07 Å². The van der Waals surface area contributed by atoms with Crippen LogP contribution in [0.1, 0.15) is 92.9 Å². The molecule has 0 spiro atoms. The third-order valence-electron chi connectivity index (χ3n) is 8.77. The van der Waals surface area contributed by atoms with Crippen molar-refractivity contribution in [1.29, 1.82) is 0 Å². The van der Waals surface area contributed by atoms with Crippen molar-refractivity contribution in [1.82, 2.24) is 0 Å². The molecule has 0 radical (unpaired) electrons. The number of phenolic OH excluding ortho intramolecular Hbond substituents is 2. The summed E-state index contributed by atoms with van der Waals surface area (Å²) in [6.45, 7) is 12.8. The van der Waals surface area contributed by atoms with Crippen molar-refractivity contribution in [3.8, 4) is 17.2 Å². The maximum atomic E-state index is 11.6. The van der Waals surface area contributed by atoms with Crippen molar-refractivity contribution >= 4 is 22.4 Å². The van der Waals surface area contributed by atoms with E-state index in [2.05, 4.69) is 77.9 Å². The molecule has 3 atom stereocenters. The number of fused-ring (bicyclic) bond motifs is 2. The lowest BCUT2D eigenvalue weighted by Crippen LogP contribution is -2.30. The predicted molar refractivity (Wildman–Crippen MR) is 177 cm³/mol. The minimum absolute atomic E-state index is 0.158. The predicted octanol–water partition coefficient (Wildman–Crippen LogP) is 10.5. The summed E-state index contributed by atoms with van der Waals surface area (Å²) >= 11 is 6.65. The van der Waals surface area contributed by atoms with Crippen LogP contribution < -0.4 is 4.74 Å². The van der Waals surface area contributed by atoms with E-state index >= 15 is 0 Å². The number of ether oxygens (including phenoxy) is 1. The second kappa shape index (κ2) is 10.6. The molecule has 1 heterocycles. The zero-order valence-electron chi connectivity index (χ0n) is 25.7. The highest BCUT2D eigenvalue weighted by molar-refractivity contribution is 6.30. The van der Waals surface area contributed by atoms with E-state index in [-0.39, 0.29) is 28.4 Å². The van der Waals surface area contributed by atoms with Crippen molar-refractivity contribution in [2.24, 2.45) is 0 Å². The van der Waals surface area contributed by atoms with E-state index in [9.17, 15) is 10.2 Å². The number of hydrogen-bond donors (Lipinski definition) is 2. The molecule has 220 valence electrons. The highest BCUT2D eigenvalue weighted by atomic mass is 35.5. The smallest absolute Gasteiger partial charge is 0.136 e. The van der Waals surface area contributed by atoms with Crippen LogP contribution >= 0.6 is 11.6 Å². The van der Waals surface area contributed by atoms with Gasteiger partial charge in [0.15, 0.2) is 0 Å². The van der Waals surface area contributed by atoms with Crippen LogP contribution in [0.4, 0.5) is 0 Å². The van der Waals surface area contributed by atoms with Gasteiger partial charge < -0.3 is 14.9 Å². The van der Waals surface area contributed by atoms with Crippen LogP contribution in [0.2, 0.25) is 5.02 Å². The molecule has 1 aliphatic heterocycles. The summed E-state index contributed by atoms with van der Waals surface area (Å²) in [4.78, 5) is 0. The highest BCUT2D eigenvalue weighted by Gasteiger charge is 2.43. The van der Waals surface area contributed by atoms with Gasteiger partial charge in [0.25, 0.3) is 0 Å². The Morgan fingerprint density at radius 1 is 0.674 bits per heavy atom. The van der Waals surface area contributed by atoms with Crippen molar-refractivity contribution in [3.63, 3.8) is 0 Å². The van der Waals surface area contributed by atoms with E-state index in [0.29, 0.717) is 10.8 Å². The lowest BCUT2D eigenvalue weighted by molar-refractivity contribution is 0.139. The average molecular weight is 591 g/mol. The quantitative estimate of drug-likeness (QED) is 0.220. The van der Waals surface area contributed by atoms with Gasteiger partial charge in [-0.05, 0) is 68.1 Å². The molecular weight excluding hydrogens is 552 g/mol. The van der Waals surface area contributed by atoms with Gasteiger partial charge in [0.05, 0.1) is 0 Å². The molecule has 5 aromatic carbocycles. The van der Waals surface area contributed by atoms with E-state index < -0.39 is 6.10 Å². The Hall–Kier alpha value is -3.95. The molecule has 0 fully saturated rings. The summed E-state index contributed by atoms with van der Waals surface area (Å²) in [6, 6.07) is 32.4. The normalized spacial score (nSPS) is 18.7. The zero-order chi connectivity index (χ0) is 30.7. The molecule has 0 aliphatic carbocycles. The standard InChI is InChI=1S/C39H39ClO3/c1-38(2,3)29-21-25(22-30(36(29)42)39(4,5)6)33-28-16-9-10-17-32(28)43-37(34(33)24-13-11-14-26(40)20-24)35-27-15-8-7-12-23(27)18-19-31(35)41/h7-22,33-34,37,41-42H,1-6H3/t33-,34-,37-/m1/s1. The molecule has 3 nitrogen and oxygen atoms in total. The molecule has 0 saturated heterocycles. The molecule has 0 aromatic heterocycles. The van der Waals surface area contributed by atoms with Crippen LogP contribution in [0.3, 0.4) is 0 Å². The fourth-order valence-electron chi connectivity index (χ4n) is 6.69. The Bertz CT molecular complexity index is 1790. The van der Waals surface area contributed by atoms with Crippen molar-refractivity contribution in [2.75, 3.05) is 0 Å². The monoisotopic (exact) mass is 590 g/mol. The lowest BCUT2D eigenvalue weighted by Gasteiger charge is -2.42. The van der Waals surface area contributed by atoms with E-state index in [1.165, 1.54) is 0 Å². The Morgan fingerprint density at radius 2 is 1.33 bits per heavy atom. The summed E-state index contributed by atoms with van der Waals surface area (Å²) in [5, 5.41) is 25.7. The number of para-hydroxylation sites is 1. The molecular formula is C39H39ClO3. The lowest BCUT2D eigenvalue weighted by atomic mass is 9.68. The number of aromatic hydroxyl groups is 2. The van der Waals surface area contributed by atoms with E-state index in [1.807, 2.05) is 54.6 Å². The van der Waals surface area contributed by atoms with Crippen molar-refractivity contribution in [2.45, 2.75) is 70.3 Å². The Morgan fingerprint density at radius 3 is 2.00 bits per heavy atom. The number of benzene rings is 5. The van der Waals surface area contributed by atoms with Gasteiger partial charge in [-0.15, -0.1) is 0 Å². The van der Waals surface area contributed by atoms with Gasteiger partial charge in [-0.25, -0.2) is 0 Å². The number of phenols is 2. The summed E-state index contributed by atoms with van der Waals surface area (Å²) in [7, 11) is 0.